The van der Waals surface area contributed by atoms with Crippen LogP contribution < -0.4 is 5.32 Å². The van der Waals surface area contributed by atoms with Crippen molar-refractivity contribution in [1.29, 1.82) is 0 Å². The number of hydrogen-bond acceptors (Lipinski definition) is 4. The zero-order valence-corrected chi connectivity index (χ0v) is 15.9. The van der Waals surface area contributed by atoms with Crippen molar-refractivity contribution in [1.82, 2.24) is 15.1 Å². The van der Waals surface area contributed by atoms with Gasteiger partial charge in [0, 0.05) is 29.9 Å². The largest absolute Gasteiger partial charge is 0.465 e. The van der Waals surface area contributed by atoms with Gasteiger partial charge in [-0.1, -0.05) is 12.1 Å². The summed E-state index contributed by atoms with van der Waals surface area (Å²) in [6.07, 6.45) is 1.68. The van der Waals surface area contributed by atoms with Gasteiger partial charge in [0.1, 0.15) is 11.5 Å². The van der Waals surface area contributed by atoms with Gasteiger partial charge in [-0.3, -0.25) is 0 Å². The normalized spacial score (nSPS) is 12.0. The molecule has 2 aromatic carbocycles. The first-order valence-corrected chi connectivity index (χ1v) is 8.81. The van der Waals surface area contributed by atoms with Gasteiger partial charge < -0.3 is 10.1 Å². The summed E-state index contributed by atoms with van der Waals surface area (Å²) in [5.41, 5.74) is 3.39. The zero-order valence-electron chi connectivity index (χ0n) is 15.9. The van der Waals surface area contributed by atoms with Crippen LogP contribution >= 0.6 is 0 Å². The van der Waals surface area contributed by atoms with E-state index in [0.29, 0.717) is 12.1 Å². The Hall–Kier alpha value is -3.06. The molecule has 0 spiro atoms. The van der Waals surface area contributed by atoms with Crippen molar-refractivity contribution in [2.45, 2.75) is 26.4 Å². The molecular weight excluding hydrogens is 364 g/mol. The van der Waals surface area contributed by atoms with Crippen molar-refractivity contribution in [3.05, 3.63) is 82.7 Å². The minimum Gasteiger partial charge on any atom is -0.465 e. The summed E-state index contributed by atoms with van der Waals surface area (Å²) in [5.74, 6) is -1.66. The van der Waals surface area contributed by atoms with Crippen LogP contribution in [0.3, 0.4) is 0 Å². The van der Waals surface area contributed by atoms with Crippen molar-refractivity contribution in [3.8, 4) is 5.69 Å². The topological polar surface area (TPSA) is 56.1 Å². The number of methoxy groups -OCH3 is 1. The van der Waals surface area contributed by atoms with Crippen LogP contribution in [0, 0.1) is 18.6 Å². The maximum Gasteiger partial charge on any atom is 0.337 e. The van der Waals surface area contributed by atoms with E-state index in [1.165, 1.54) is 23.9 Å². The second-order valence-corrected chi connectivity index (χ2v) is 6.48. The molecule has 0 saturated carbocycles. The number of hydrogen-bond donors (Lipinski definition) is 1. The zero-order chi connectivity index (χ0) is 20.3. The van der Waals surface area contributed by atoms with Gasteiger partial charge in [-0.25, -0.2) is 18.3 Å². The molecule has 1 unspecified atom stereocenters. The number of carbonyl (C=O) groups excluding carboxylic acids is 1. The smallest absolute Gasteiger partial charge is 0.337 e. The van der Waals surface area contributed by atoms with Crippen LogP contribution in [0.2, 0.25) is 0 Å². The highest BCUT2D eigenvalue weighted by molar-refractivity contribution is 5.89. The molecule has 1 N–H and O–H groups in total. The molecule has 5 nitrogen and oxygen atoms in total. The number of halogens is 2. The third kappa shape index (κ3) is 4.09. The van der Waals surface area contributed by atoms with Crippen LogP contribution in [0.5, 0.6) is 0 Å². The summed E-state index contributed by atoms with van der Waals surface area (Å²) in [4.78, 5) is 11.5. The lowest BCUT2D eigenvalue weighted by Crippen LogP contribution is -2.18. The highest BCUT2D eigenvalue weighted by Gasteiger charge is 2.16. The molecule has 0 saturated heterocycles. The third-order valence-corrected chi connectivity index (χ3v) is 4.64. The maximum atomic E-state index is 14.1. The van der Waals surface area contributed by atoms with Gasteiger partial charge in [0.2, 0.25) is 0 Å². The van der Waals surface area contributed by atoms with Crippen molar-refractivity contribution < 1.29 is 18.3 Å². The summed E-state index contributed by atoms with van der Waals surface area (Å²) in [5, 5.41) is 7.64. The minimum absolute atomic E-state index is 0.0439. The molecule has 7 heteroatoms. The Morgan fingerprint density at radius 1 is 1.21 bits per heavy atom. The number of nitrogens with zero attached hydrogens (tertiary/aromatic N) is 2. The summed E-state index contributed by atoms with van der Waals surface area (Å²) < 4.78 is 33.4. The quantitative estimate of drug-likeness (QED) is 0.649. The molecule has 1 heterocycles. The number of benzene rings is 2. The second-order valence-electron chi connectivity index (χ2n) is 6.48. The highest BCUT2D eigenvalue weighted by atomic mass is 19.1. The third-order valence-electron chi connectivity index (χ3n) is 4.64. The molecule has 146 valence electrons. The van der Waals surface area contributed by atoms with Crippen LogP contribution in [-0.2, 0) is 11.3 Å². The van der Waals surface area contributed by atoms with E-state index >= 15 is 0 Å². The molecule has 0 amide bonds. The predicted molar refractivity (Wildman–Crippen MR) is 101 cm³/mol. The van der Waals surface area contributed by atoms with Crippen LogP contribution in [0.15, 0.2) is 48.7 Å². The lowest BCUT2D eigenvalue weighted by Gasteiger charge is -2.14. The maximum absolute atomic E-state index is 14.1. The average Bonchev–Trinajstić information content (AvgIpc) is 3.07. The van der Waals surface area contributed by atoms with Gasteiger partial charge in [0.25, 0.3) is 0 Å². The molecule has 0 aliphatic carbocycles. The Bertz CT molecular complexity index is 984. The van der Waals surface area contributed by atoms with Crippen molar-refractivity contribution in [3.63, 3.8) is 0 Å². The van der Waals surface area contributed by atoms with Gasteiger partial charge in [-0.15, -0.1) is 0 Å². The fourth-order valence-electron chi connectivity index (χ4n) is 3.00. The van der Waals surface area contributed by atoms with Gasteiger partial charge in [-0.2, -0.15) is 5.10 Å². The first-order chi connectivity index (χ1) is 13.4. The lowest BCUT2D eigenvalue weighted by molar-refractivity contribution is 0.0600. The van der Waals surface area contributed by atoms with E-state index in [4.69, 9.17) is 0 Å². The molecule has 0 aliphatic heterocycles. The molecule has 3 rings (SSSR count). The number of carbonyl (C=O) groups is 1. The second kappa shape index (κ2) is 8.31. The number of ether oxygens (including phenoxy) is 1. The van der Waals surface area contributed by atoms with Crippen LogP contribution in [0.1, 0.15) is 40.1 Å². The van der Waals surface area contributed by atoms with E-state index in [2.05, 4.69) is 15.2 Å². The van der Waals surface area contributed by atoms with Gasteiger partial charge in [0.15, 0.2) is 5.82 Å². The first kappa shape index (κ1) is 19.7. The minimum atomic E-state index is -0.663. The van der Waals surface area contributed by atoms with Crippen molar-refractivity contribution >= 4 is 5.97 Å². The standard InChI is InChI=1S/C21H21F2N3O2/c1-13(24-11-15-4-6-16(7-5-15)21(27)28-3)18-12-25-26(14(18)2)20-9-8-17(22)10-19(20)23/h4-10,12-13,24H,11H2,1-3H3. The summed E-state index contributed by atoms with van der Waals surface area (Å²) in [6.45, 7) is 4.41. The number of esters is 1. The average molecular weight is 385 g/mol. The first-order valence-electron chi connectivity index (χ1n) is 8.81. The molecule has 3 aromatic rings. The highest BCUT2D eigenvalue weighted by Crippen LogP contribution is 2.22. The lowest BCUT2D eigenvalue weighted by atomic mass is 10.1. The SMILES string of the molecule is COC(=O)c1ccc(CNC(C)c2cnn(-c3ccc(F)cc3F)c2C)cc1. The number of aromatic nitrogens is 2. The molecule has 0 fully saturated rings. The van der Waals surface area contributed by atoms with E-state index in [1.54, 1.807) is 18.3 Å². The van der Waals surface area contributed by atoms with E-state index < -0.39 is 11.6 Å². The van der Waals surface area contributed by atoms with Crippen LogP contribution in [0.4, 0.5) is 8.78 Å². The fourth-order valence-corrected chi connectivity index (χ4v) is 3.00. The predicted octanol–water partition coefficient (Wildman–Crippen LogP) is 4.10. The molecule has 0 bridgehead atoms. The van der Waals surface area contributed by atoms with E-state index in [0.717, 1.165) is 22.9 Å². The molecule has 0 aliphatic rings. The Labute approximate surface area is 161 Å². The fraction of sp³-hybridized carbons (Fsp3) is 0.238. The summed E-state index contributed by atoms with van der Waals surface area (Å²) in [6, 6.07) is 10.5. The Morgan fingerprint density at radius 3 is 2.57 bits per heavy atom. The van der Waals surface area contributed by atoms with Gasteiger partial charge in [0.05, 0.1) is 18.9 Å². The van der Waals surface area contributed by atoms with E-state index in [-0.39, 0.29) is 17.7 Å². The summed E-state index contributed by atoms with van der Waals surface area (Å²) in [7, 11) is 1.35. The molecule has 1 atom stereocenters. The molecule has 0 radical (unpaired) electrons. The Morgan fingerprint density at radius 2 is 1.93 bits per heavy atom. The number of rotatable bonds is 6. The summed E-state index contributed by atoms with van der Waals surface area (Å²) >= 11 is 0. The Kier molecular flexibility index (Phi) is 5.84. The Balaban J connectivity index is 1.70. The molecule has 1 aromatic heterocycles. The van der Waals surface area contributed by atoms with Crippen molar-refractivity contribution in [2.24, 2.45) is 0 Å². The van der Waals surface area contributed by atoms with Crippen molar-refractivity contribution in [2.75, 3.05) is 7.11 Å². The van der Waals surface area contributed by atoms with E-state index in [1.807, 2.05) is 26.0 Å². The van der Waals surface area contributed by atoms with E-state index in [9.17, 15) is 13.6 Å². The van der Waals surface area contributed by atoms with Gasteiger partial charge >= 0.3 is 5.97 Å². The molecular formula is C21H21F2N3O2. The van der Waals surface area contributed by atoms with Crippen LogP contribution in [-0.4, -0.2) is 22.9 Å². The van der Waals surface area contributed by atoms with Gasteiger partial charge in [-0.05, 0) is 43.7 Å². The number of nitrogens with one attached hydrogen (secondary N) is 1. The molecule has 28 heavy (non-hydrogen) atoms. The van der Waals surface area contributed by atoms with Crippen LogP contribution in [0.25, 0.3) is 5.69 Å². The monoisotopic (exact) mass is 385 g/mol.